The van der Waals surface area contributed by atoms with Crippen LogP contribution in [0, 0.1) is 0 Å². The summed E-state index contributed by atoms with van der Waals surface area (Å²) in [6, 6.07) is 0. The fraction of sp³-hybridized carbons (Fsp3) is 0.918. The number of esters is 1. The van der Waals surface area contributed by atoms with Crippen molar-refractivity contribution in [3.05, 3.63) is 24.8 Å². The predicted octanol–water partition coefficient (Wildman–Crippen LogP) is 7.09. The Labute approximate surface area is 501 Å². The van der Waals surface area contributed by atoms with Crippen LogP contribution in [0.1, 0.15) is 96.8 Å². The first-order valence-corrected chi connectivity index (χ1v) is 31.3. The second kappa shape index (κ2) is 78.2. The first-order chi connectivity index (χ1) is 41.3. The molecule has 0 bridgehead atoms. The predicted molar refractivity (Wildman–Crippen MR) is 317 cm³/mol. The molecule has 0 heterocycles. The van der Waals surface area contributed by atoms with Crippen molar-refractivity contribution in [2.45, 2.75) is 96.8 Å². The lowest BCUT2D eigenvalue weighted by Crippen LogP contribution is -2.16. The van der Waals surface area contributed by atoms with E-state index in [4.69, 9.17) is 99.5 Å². The molecule has 0 radical (unpaired) electrons. The number of hydrogen-bond acceptors (Lipinski definition) is 22. The van der Waals surface area contributed by atoms with Crippen LogP contribution in [0.4, 0.5) is 0 Å². The molecule has 0 fully saturated rings. The maximum Gasteiger partial charge on any atom is 0.330 e. The Hall–Kier alpha value is -1.85. The number of carbonyl (C=O) groups is 1. The Morgan fingerprint density at radius 2 is 0.398 bits per heavy atom. The third-order valence-corrected chi connectivity index (χ3v) is 11.5. The Morgan fingerprint density at radius 3 is 0.602 bits per heavy atom. The third-order valence-electron chi connectivity index (χ3n) is 11.5. The maximum absolute atomic E-state index is 10.9. The highest BCUT2D eigenvalue weighted by molar-refractivity contribution is 5.81. The van der Waals surface area contributed by atoms with Crippen molar-refractivity contribution in [2.24, 2.45) is 0 Å². The summed E-state index contributed by atoms with van der Waals surface area (Å²) < 4.78 is 115. The molecule has 0 aliphatic rings. The van der Waals surface area contributed by atoms with E-state index in [1.165, 1.54) is 83.5 Å². The van der Waals surface area contributed by atoms with Gasteiger partial charge in [-0.05, 0) is 32.1 Å². The minimum Gasteiger partial charge on any atom is -0.460 e. The van der Waals surface area contributed by atoms with E-state index >= 15 is 0 Å². The average Bonchev–Trinajstić information content (AvgIpc) is 3.49. The van der Waals surface area contributed by atoms with Gasteiger partial charge in [-0.1, -0.05) is 83.4 Å². The third kappa shape index (κ3) is 78.1. The van der Waals surface area contributed by atoms with Gasteiger partial charge in [-0.25, -0.2) is 4.79 Å². The van der Waals surface area contributed by atoms with Gasteiger partial charge >= 0.3 is 5.97 Å². The molecule has 0 rings (SSSR count). The van der Waals surface area contributed by atoms with Gasteiger partial charge in [-0.15, -0.1) is 0 Å². The summed E-state index contributed by atoms with van der Waals surface area (Å²) in [5.41, 5.74) is 0. The second-order valence-electron chi connectivity index (χ2n) is 18.6. The molecule has 22 heteroatoms. The molecule has 0 aliphatic carbocycles. The van der Waals surface area contributed by atoms with E-state index in [1.54, 1.807) is 0 Å². The topological polar surface area (TPSA) is 211 Å². The highest BCUT2D eigenvalue weighted by atomic mass is 16.6. The number of unbranched alkanes of at least 4 members (excludes halogenated alkanes) is 12. The van der Waals surface area contributed by atoms with Gasteiger partial charge in [0.15, 0.2) is 0 Å². The van der Waals surface area contributed by atoms with Crippen LogP contribution in [-0.4, -0.2) is 277 Å². The van der Waals surface area contributed by atoms with Gasteiger partial charge in [-0.3, -0.25) is 0 Å². The average molecular weight is 1200 g/mol. The molecule has 0 aromatic rings. The van der Waals surface area contributed by atoms with Crippen molar-refractivity contribution in [1.82, 2.24) is 0 Å². The molecule has 0 aromatic heterocycles. The van der Waals surface area contributed by atoms with Crippen molar-refractivity contribution >= 4 is 5.97 Å². The molecule has 0 saturated carbocycles. The summed E-state index contributed by atoms with van der Waals surface area (Å²) in [5.74, 6) is -0.463. The van der Waals surface area contributed by atoms with Crippen LogP contribution in [0.25, 0.3) is 0 Å². The Balaban J connectivity index is 3.09. The van der Waals surface area contributed by atoms with Gasteiger partial charge in [0.1, 0.15) is 6.61 Å². The molecule has 22 nitrogen and oxygen atoms in total. The molecule has 494 valence electrons. The highest BCUT2D eigenvalue weighted by Crippen LogP contribution is 2.10. The van der Waals surface area contributed by atoms with Crippen LogP contribution < -0.4 is 0 Å². The Morgan fingerprint density at radius 1 is 0.229 bits per heavy atom. The molecule has 0 spiro atoms. The largest absolute Gasteiger partial charge is 0.460 e. The van der Waals surface area contributed by atoms with Crippen LogP contribution in [0.3, 0.4) is 0 Å². The Bertz CT molecular complexity index is 1230. The normalized spacial score (nSPS) is 11.7. The lowest BCUT2D eigenvalue weighted by atomic mass is 10.1. The van der Waals surface area contributed by atoms with Crippen molar-refractivity contribution in [1.29, 1.82) is 0 Å². The van der Waals surface area contributed by atoms with Crippen LogP contribution in [0.5, 0.6) is 0 Å². The fourth-order valence-corrected chi connectivity index (χ4v) is 6.99. The summed E-state index contributed by atoms with van der Waals surface area (Å²) in [5, 5.41) is 0. The number of rotatable bonds is 77. The summed E-state index contributed by atoms with van der Waals surface area (Å²) in [6.07, 6.45) is 24.3. The van der Waals surface area contributed by atoms with Crippen molar-refractivity contribution in [3.8, 4) is 0 Å². The smallest absolute Gasteiger partial charge is 0.330 e. The van der Waals surface area contributed by atoms with Crippen molar-refractivity contribution in [2.75, 3.05) is 271 Å². The minimum atomic E-state index is -0.463. The monoisotopic (exact) mass is 1200 g/mol. The summed E-state index contributed by atoms with van der Waals surface area (Å²) >= 11 is 0. The van der Waals surface area contributed by atoms with Crippen molar-refractivity contribution < 1.29 is 104 Å². The molecular formula is C61H118O22. The molecule has 0 atom stereocenters. The molecule has 0 saturated heterocycles. The zero-order valence-electron chi connectivity index (χ0n) is 51.8. The zero-order valence-corrected chi connectivity index (χ0v) is 51.8. The molecule has 0 aromatic carbocycles. The minimum absolute atomic E-state index is 0.191. The van der Waals surface area contributed by atoms with E-state index in [0.717, 1.165) is 19.1 Å². The first kappa shape index (κ1) is 81.2. The lowest BCUT2D eigenvalue weighted by Gasteiger charge is -2.09. The molecule has 0 aliphatic heterocycles. The van der Waals surface area contributed by atoms with Gasteiger partial charge in [0, 0.05) is 12.7 Å². The van der Waals surface area contributed by atoms with E-state index in [-0.39, 0.29) is 6.61 Å². The molecule has 0 amide bonds. The second-order valence-corrected chi connectivity index (χ2v) is 18.6. The molecule has 0 N–H and O–H groups in total. The standard InChI is InChI=1S/C61H118O22/c1-3-5-6-7-8-9-10-11-12-13-14-15-16-17-18-19-20-63-21-22-64-23-24-65-25-26-66-27-28-67-29-30-68-31-32-69-33-34-70-35-36-71-37-38-72-39-40-73-41-42-74-43-44-75-45-46-76-47-48-77-49-50-78-51-52-79-53-54-80-55-56-81-57-58-82-59-60-83-61(62)4-2/h4,11-12H,2-3,5-10,13-60H2,1H3/b12-11-. The quantitative estimate of drug-likeness (QED) is 0.0258. The van der Waals surface area contributed by atoms with E-state index < -0.39 is 5.97 Å². The van der Waals surface area contributed by atoms with Crippen LogP contribution in [0.15, 0.2) is 24.8 Å². The number of allylic oxidation sites excluding steroid dienone is 2. The van der Waals surface area contributed by atoms with Crippen molar-refractivity contribution in [3.63, 3.8) is 0 Å². The fourth-order valence-electron chi connectivity index (χ4n) is 6.99. The SMILES string of the molecule is C=CC(=O)OCCOCCOCCOCCOCCOCCOCCOCCOCCOCCOCCOCCOCCOCCOCCOCCOCCOCCOCCOCCOCCCCCCCC/C=C\CCCCCCCC. The van der Waals surface area contributed by atoms with Crippen LogP contribution in [-0.2, 0) is 104 Å². The van der Waals surface area contributed by atoms with Crippen LogP contribution >= 0.6 is 0 Å². The van der Waals surface area contributed by atoms with Gasteiger partial charge in [0.05, 0.1) is 258 Å². The molecular weight excluding hydrogens is 1080 g/mol. The first-order valence-electron chi connectivity index (χ1n) is 31.3. The highest BCUT2D eigenvalue weighted by Gasteiger charge is 2.01. The number of carbonyl (C=O) groups excluding carboxylic acids is 1. The number of ether oxygens (including phenoxy) is 21. The summed E-state index contributed by atoms with van der Waals surface area (Å²) in [7, 11) is 0. The van der Waals surface area contributed by atoms with E-state index in [9.17, 15) is 4.79 Å². The maximum atomic E-state index is 10.9. The zero-order chi connectivity index (χ0) is 59.4. The lowest BCUT2D eigenvalue weighted by molar-refractivity contribution is -0.139. The van der Waals surface area contributed by atoms with E-state index in [0.29, 0.717) is 258 Å². The van der Waals surface area contributed by atoms with Gasteiger partial charge in [0.25, 0.3) is 0 Å². The van der Waals surface area contributed by atoms with Crippen LogP contribution in [0.2, 0.25) is 0 Å². The molecule has 83 heavy (non-hydrogen) atoms. The number of hydrogen-bond donors (Lipinski definition) is 0. The van der Waals surface area contributed by atoms with Gasteiger partial charge < -0.3 is 99.5 Å². The van der Waals surface area contributed by atoms with E-state index in [1.807, 2.05) is 0 Å². The van der Waals surface area contributed by atoms with Gasteiger partial charge in [-0.2, -0.15) is 0 Å². The van der Waals surface area contributed by atoms with E-state index in [2.05, 4.69) is 25.7 Å². The summed E-state index contributed by atoms with van der Waals surface area (Å²) in [4.78, 5) is 10.9. The molecule has 0 unspecified atom stereocenters. The summed E-state index contributed by atoms with van der Waals surface area (Å²) in [6.45, 7) is 25.8. The van der Waals surface area contributed by atoms with Gasteiger partial charge in [0.2, 0.25) is 0 Å². The Kier molecular flexibility index (Phi) is 76.4.